The van der Waals surface area contributed by atoms with Gasteiger partial charge in [0, 0.05) is 6.54 Å². The van der Waals surface area contributed by atoms with Gasteiger partial charge in [-0.25, -0.2) is 0 Å². The van der Waals surface area contributed by atoms with Crippen molar-refractivity contribution in [1.29, 1.82) is 0 Å². The predicted molar refractivity (Wildman–Crippen MR) is 65.4 cm³/mol. The molecule has 4 nitrogen and oxygen atoms in total. The smallest absolute Gasteiger partial charge is 0.195 e. The fourth-order valence-corrected chi connectivity index (χ4v) is 1.86. The van der Waals surface area contributed by atoms with Crippen molar-refractivity contribution < 1.29 is 0 Å². The molecule has 0 radical (unpaired) electrons. The van der Waals surface area contributed by atoms with E-state index in [0.29, 0.717) is 11.3 Å². The molecule has 5 heteroatoms. The second-order valence-electron chi connectivity index (χ2n) is 3.54. The molecule has 3 N–H and O–H groups in total. The highest BCUT2D eigenvalue weighted by molar-refractivity contribution is 7.71. The number of rotatable bonds is 4. The molecule has 0 fully saturated rings. The number of nitrogens with two attached hydrogens (primary N) is 1. The molecule has 0 unspecified atom stereocenters. The standard InChI is InChI=1S/C11H14N4S/c12-8-10-13-14-11(16)15(10)7-6-9-4-2-1-3-5-9/h1-5H,6-8,12H2,(H,14,16). The first kappa shape index (κ1) is 11.0. The van der Waals surface area contributed by atoms with E-state index in [2.05, 4.69) is 22.3 Å². The molecule has 0 aliphatic rings. The van der Waals surface area contributed by atoms with Crippen LogP contribution in [-0.4, -0.2) is 14.8 Å². The van der Waals surface area contributed by atoms with E-state index in [1.807, 2.05) is 22.8 Å². The van der Waals surface area contributed by atoms with Crippen molar-refractivity contribution in [2.45, 2.75) is 19.5 Å². The van der Waals surface area contributed by atoms with Crippen molar-refractivity contribution >= 4 is 12.2 Å². The van der Waals surface area contributed by atoms with Crippen molar-refractivity contribution in [2.75, 3.05) is 0 Å². The zero-order chi connectivity index (χ0) is 11.4. The Kier molecular flexibility index (Phi) is 3.48. The fraction of sp³-hybridized carbons (Fsp3) is 0.273. The summed E-state index contributed by atoms with van der Waals surface area (Å²) in [5.41, 5.74) is 6.87. The topological polar surface area (TPSA) is 59.6 Å². The zero-order valence-electron chi connectivity index (χ0n) is 8.89. The number of hydrogen-bond donors (Lipinski definition) is 2. The van der Waals surface area contributed by atoms with Gasteiger partial charge in [-0.2, -0.15) is 5.10 Å². The van der Waals surface area contributed by atoms with E-state index in [1.165, 1.54) is 5.56 Å². The Balaban J connectivity index is 2.10. The summed E-state index contributed by atoms with van der Waals surface area (Å²) < 4.78 is 2.58. The highest BCUT2D eigenvalue weighted by Gasteiger charge is 2.03. The molecule has 2 aromatic rings. The molecule has 0 bridgehead atoms. The summed E-state index contributed by atoms with van der Waals surface area (Å²) >= 11 is 5.14. The summed E-state index contributed by atoms with van der Waals surface area (Å²) in [4.78, 5) is 0. The van der Waals surface area contributed by atoms with Gasteiger partial charge in [0.2, 0.25) is 0 Å². The monoisotopic (exact) mass is 234 g/mol. The molecule has 1 heterocycles. The zero-order valence-corrected chi connectivity index (χ0v) is 9.70. The maximum atomic E-state index is 5.58. The molecule has 84 valence electrons. The van der Waals surface area contributed by atoms with Gasteiger partial charge in [0.05, 0.1) is 6.54 Å². The largest absolute Gasteiger partial charge is 0.324 e. The van der Waals surface area contributed by atoms with Crippen LogP contribution in [0, 0.1) is 4.77 Å². The van der Waals surface area contributed by atoms with Gasteiger partial charge in [0.25, 0.3) is 0 Å². The molecular formula is C11H14N4S. The van der Waals surface area contributed by atoms with Crippen LogP contribution in [0.25, 0.3) is 0 Å². The summed E-state index contributed by atoms with van der Waals surface area (Å²) in [6.07, 6.45) is 0.932. The van der Waals surface area contributed by atoms with Gasteiger partial charge in [-0.1, -0.05) is 30.3 Å². The number of H-pyrrole nitrogens is 1. The Bertz CT molecular complexity index is 500. The first-order valence-electron chi connectivity index (χ1n) is 5.19. The second kappa shape index (κ2) is 5.05. The first-order chi connectivity index (χ1) is 7.81. The van der Waals surface area contributed by atoms with Gasteiger partial charge in [-0.15, -0.1) is 0 Å². The fourth-order valence-electron chi connectivity index (χ4n) is 1.62. The van der Waals surface area contributed by atoms with E-state index in [0.717, 1.165) is 18.8 Å². The van der Waals surface area contributed by atoms with E-state index in [-0.39, 0.29) is 0 Å². The van der Waals surface area contributed by atoms with Gasteiger partial charge in [0.15, 0.2) is 4.77 Å². The van der Waals surface area contributed by atoms with Gasteiger partial charge in [-0.3, -0.25) is 5.10 Å². The predicted octanol–water partition coefficient (Wildman–Crippen LogP) is 1.64. The molecule has 0 amide bonds. The lowest BCUT2D eigenvalue weighted by Gasteiger charge is -2.05. The Morgan fingerprint density at radius 2 is 2.06 bits per heavy atom. The van der Waals surface area contributed by atoms with Crippen molar-refractivity contribution in [3.63, 3.8) is 0 Å². The Morgan fingerprint density at radius 1 is 1.31 bits per heavy atom. The quantitative estimate of drug-likeness (QED) is 0.791. The molecule has 0 atom stereocenters. The third-order valence-corrected chi connectivity index (χ3v) is 2.80. The molecule has 0 aliphatic carbocycles. The van der Waals surface area contributed by atoms with Gasteiger partial charge in [-0.05, 0) is 24.2 Å². The third kappa shape index (κ3) is 2.37. The number of aromatic amines is 1. The highest BCUT2D eigenvalue weighted by Crippen LogP contribution is 2.04. The average Bonchev–Trinajstić information content (AvgIpc) is 2.69. The van der Waals surface area contributed by atoms with Crippen molar-refractivity contribution in [2.24, 2.45) is 5.73 Å². The highest BCUT2D eigenvalue weighted by atomic mass is 32.1. The summed E-state index contributed by atoms with van der Waals surface area (Å²) in [5.74, 6) is 0.806. The van der Waals surface area contributed by atoms with Crippen molar-refractivity contribution in [3.05, 3.63) is 46.5 Å². The molecular weight excluding hydrogens is 220 g/mol. The lowest BCUT2D eigenvalue weighted by atomic mass is 10.1. The van der Waals surface area contributed by atoms with Crippen LogP contribution in [0.1, 0.15) is 11.4 Å². The van der Waals surface area contributed by atoms with Gasteiger partial charge < -0.3 is 10.3 Å². The average molecular weight is 234 g/mol. The summed E-state index contributed by atoms with van der Waals surface area (Å²) in [7, 11) is 0. The number of hydrogen-bond acceptors (Lipinski definition) is 3. The number of aromatic nitrogens is 3. The molecule has 0 spiro atoms. The molecule has 0 aliphatic heterocycles. The van der Waals surface area contributed by atoms with E-state index in [9.17, 15) is 0 Å². The molecule has 0 saturated carbocycles. The van der Waals surface area contributed by atoms with Crippen LogP contribution >= 0.6 is 12.2 Å². The Morgan fingerprint density at radius 3 is 2.75 bits per heavy atom. The summed E-state index contributed by atoms with van der Waals surface area (Å²) in [6.45, 7) is 1.22. The van der Waals surface area contributed by atoms with E-state index < -0.39 is 0 Å². The van der Waals surface area contributed by atoms with Crippen LogP contribution in [0.15, 0.2) is 30.3 Å². The van der Waals surface area contributed by atoms with Crippen LogP contribution < -0.4 is 5.73 Å². The van der Waals surface area contributed by atoms with E-state index in [1.54, 1.807) is 0 Å². The van der Waals surface area contributed by atoms with Crippen LogP contribution in [0.3, 0.4) is 0 Å². The first-order valence-corrected chi connectivity index (χ1v) is 5.60. The van der Waals surface area contributed by atoms with Crippen LogP contribution in [0.4, 0.5) is 0 Å². The second-order valence-corrected chi connectivity index (χ2v) is 3.92. The molecule has 1 aromatic heterocycles. The number of benzene rings is 1. The van der Waals surface area contributed by atoms with E-state index in [4.69, 9.17) is 18.0 Å². The van der Waals surface area contributed by atoms with Crippen molar-refractivity contribution in [3.8, 4) is 0 Å². The maximum absolute atomic E-state index is 5.58. The van der Waals surface area contributed by atoms with E-state index >= 15 is 0 Å². The minimum atomic E-state index is 0.405. The molecule has 1 aromatic carbocycles. The lowest BCUT2D eigenvalue weighted by Crippen LogP contribution is -2.10. The van der Waals surface area contributed by atoms with Crippen LogP contribution in [-0.2, 0) is 19.5 Å². The Hall–Kier alpha value is -1.46. The number of nitrogens with one attached hydrogen (secondary N) is 1. The minimum Gasteiger partial charge on any atom is -0.324 e. The number of nitrogens with zero attached hydrogens (tertiary/aromatic N) is 2. The maximum Gasteiger partial charge on any atom is 0.195 e. The normalized spacial score (nSPS) is 10.6. The molecule has 16 heavy (non-hydrogen) atoms. The van der Waals surface area contributed by atoms with Gasteiger partial charge in [0.1, 0.15) is 5.82 Å². The summed E-state index contributed by atoms with van der Waals surface area (Å²) in [5, 5.41) is 6.83. The van der Waals surface area contributed by atoms with Crippen LogP contribution in [0.5, 0.6) is 0 Å². The molecule has 0 saturated heterocycles. The lowest BCUT2D eigenvalue weighted by molar-refractivity contribution is 0.645. The Labute approximate surface area is 99.1 Å². The summed E-state index contributed by atoms with van der Waals surface area (Å²) in [6, 6.07) is 10.3. The molecule has 2 rings (SSSR count). The minimum absolute atomic E-state index is 0.405. The number of aryl methyl sites for hydroxylation is 1. The van der Waals surface area contributed by atoms with Gasteiger partial charge >= 0.3 is 0 Å². The van der Waals surface area contributed by atoms with Crippen LogP contribution in [0.2, 0.25) is 0 Å². The third-order valence-electron chi connectivity index (χ3n) is 2.49. The van der Waals surface area contributed by atoms with Crippen molar-refractivity contribution in [1.82, 2.24) is 14.8 Å². The SMILES string of the molecule is NCc1n[nH]c(=S)n1CCc1ccccc1.